The van der Waals surface area contributed by atoms with E-state index in [2.05, 4.69) is 25.3 Å². The van der Waals surface area contributed by atoms with Crippen molar-refractivity contribution in [2.45, 2.75) is 20.4 Å². The van der Waals surface area contributed by atoms with Gasteiger partial charge in [0.15, 0.2) is 5.82 Å². The van der Waals surface area contributed by atoms with Gasteiger partial charge in [-0.25, -0.2) is 19.3 Å². The van der Waals surface area contributed by atoms with Crippen LogP contribution in [0.2, 0.25) is 10.0 Å². The van der Waals surface area contributed by atoms with Crippen molar-refractivity contribution in [1.82, 2.24) is 25.3 Å². The Labute approximate surface area is 175 Å². The lowest BCUT2D eigenvalue weighted by Gasteiger charge is -2.13. The summed E-state index contributed by atoms with van der Waals surface area (Å²) in [6.45, 7) is 3.62. The molecule has 0 spiro atoms. The number of nitrogens with zero attached hydrogens (tertiary/aromatic N) is 3. The molecule has 2 aromatic heterocycles. The minimum Gasteiger partial charge on any atom is -0.352 e. The van der Waals surface area contributed by atoms with E-state index in [0.717, 1.165) is 0 Å². The van der Waals surface area contributed by atoms with Gasteiger partial charge in [-0.15, -0.1) is 0 Å². The zero-order valence-corrected chi connectivity index (χ0v) is 17.0. The zero-order valence-electron chi connectivity index (χ0n) is 15.5. The average Bonchev–Trinajstić information content (AvgIpc) is 2.67. The van der Waals surface area contributed by atoms with Crippen LogP contribution in [-0.4, -0.2) is 25.8 Å². The Hall–Kier alpha value is -2.84. The first-order valence-electron chi connectivity index (χ1n) is 8.60. The summed E-state index contributed by atoms with van der Waals surface area (Å²) in [6.07, 6.45) is 2.72. The van der Waals surface area contributed by atoms with Crippen molar-refractivity contribution in [1.29, 1.82) is 0 Å². The SMILES string of the molecule is CC(C)C(=O)NCc1ccc(F)c(-c2nc(-c3ncc(Cl)cn3)cc(=O)[nH]2)c1Cl. The van der Waals surface area contributed by atoms with Gasteiger partial charge in [-0.1, -0.05) is 43.1 Å². The van der Waals surface area contributed by atoms with Gasteiger partial charge in [-0.05, 0) is 11.6 Å². The number of aromatic amines is 1. The Kier molecular flexibility index (Phi) is 6.24. The minimum atomic E-state index is -0.675. The molecule has 0 atom stereocenters. The maximum Gasteiger partial charge on any atom is 0.251 e. The second kappa shape index (κ2) is 8.67. The Morgan fingerprint density at radius 1 is 1.24 bits per heavy atom. The van der Waals surface area contributed by atoms with Crippen LogP contribution in [0.5, 0.6) is 0 Å². The van der Waals surface area contributed by atoms with Crippen LogP contribution in [0.3, 0.4) is 0 Å². The third kappa shape index (κ3) is 4.78. The number of aromatic nitrogens is 4. The zero-order chi connectivity index (χ0) is 21.1. The van der Waals surface area contributed by atoms with Crippen LogP contribution in [0.25, 0.3) is 22.9 Å². The van der Waals surface area contributed by atoms with E-state index < -0.39 is 11.4 Å². The van der Waals surface area contributed by atoms with Gasteiger partial charge in [0, 0.05) is 30.9 Å². The fourth-order valence-corrected chi connectivity index (χ4v) is 2.88. The lowest BCUT2D eigenvalue weighted by atomic mass is 10.1. The molecule has 150 valence electrons. The van der Waals surface area contributed by atoms with Gasteiger partial charge in [-0.3, -0.25) is 9.59 Å². The number of rotatable bonds is 5. The summed E-state index contributed by atoms with van der Waals surface area (Å²) in [4.78, 5) is 38.7. The molecule has 0 radical (unpaired) electrons. The number of halogens is 3. The van der Waals surface area contributed by atoms with Crippen molar-refractivity contribution in [3.63, 3.8) is 0 Å². The molecular weight excluding hydrogens is 420 g/mol. The van der Waals surface area contributed by atoms with Gasteiger partial charge in [0.1, 0.15) is 17.3 Å². The largest absolute Gasteiger partial charge is 0.352 e. The molecule has 7 nitrogen and oxygen atoms in total. The summed E-state index contributed by atoms with van der Waals surface area (Å²) in [5.41, 5.74) is -0.00401. The summed E-state index contributed by atoms with van der Waals surface area (Å²) in [6, 6.07) is 3.85. The molecule has 2 heterocycles. The molecule has 1 aromatic carbocycles. The molecule has 0 saturated heterocycles. The molecule has 0 aliphatic carbocycles. The first kappa shape index (κ1) is 20.9. The van der Waals surface area contributed by atoms with Crippen molar-refractivity contribution in [2.24, 2.45) is 5.92 Å². The summed E-state index contributed by atoms with van der Waals surface area (Å²) >= 11 is 12.2. The number of H-pyrrole nitrogens is 1. The summed E-state index contributed by atoms with van der Waals surface area (Å²) in [7, 11) is 0. The molecule has 10 heteroatoms. The number of carbonyl (C=O) groups excluding carboxylic acids is 1. The maximum atomic E-state index is 14.6. The van der Waals surface area contributed by atoms with Gasteiger partial charge < -0.3 is 10.3 Å². The Balaban J connectivity index is 2.04. The number of nitrogens with one attached hydrogen (secondary N) is 2. The molecular formula is C19H16Cl2FN5O2. The standard InChI is InChI=1S/C19H16Cl2FN5O2/c1-9(2)19(29)25-6-10-3-4-12(22)15(16(10)21)18-26-13(5-14(28)27-18)17-23-7-11(20)8-24-17/h3-5,7-9H,6H2,1-2H3,(H,25,29)(H,26,27,28). The van der Waals surface area contributed by atoms with E-state index in [9.17, 15) is 14.0 Å². The van der Waals surface area contributed by atoms with E-state index in [4.69, 9.17) is 23.2 Å². The van der Waals surface area contributed by atoms with Crippen LogP contribution >= 0.6 is 23.2 Å². The lowest BCUT2D eigenvalue weighted by Crippen LogP contribution is -2.27. The molecule has 0 aliphatic heterocycles. The quantitative estimate of drug-likeness (QED) is 0.637. The monoisotopic (exact) mass is 435 g/mol. The average molecular weight is 436 g/mol. The molecule has 1 amide bonds. The predicted molar refractivity (Wildman–Crippen MR) is 108 cm³/mol. The third-order valence-corrected chi connectivity index (χ3v) is 4.60. The van der Waals surface area contributed by atoms with Crippen molar-refractivity contribution >= 4 is 29.1 Å². The molecule has 0 bridgehead atoms. The highest BCUT2D eigenvalue weighted by Gasteiger charge is 2.18. The van der Waals surface area contributed by atoms with Crippen molar-refractivity contribution in [2.75, 3.05) is 0 Å². The number of benzene rings is 1. The molecule has 2 N–H and O–H groups in total. The van der Waals surface area contributed by atoms with Crippen LogP contribution in [0.4, 0.5) is 4.39 Å². The summed E-state index contributed by atoms with van der Waals surface area (Å²) in [5, 5.41) is 3.08. The number of hydrogen-bond acceptors (Lipinski definition) is 5. The first-order valence-corrected chi connectivity index (χ1v) is 9.36. The Morgan fingerprint density at radius 2 is 1.93 bits per heavy atom. The van der Waals surface area contributed by atoms with E-state index in [1.165, 1.54) is 30.6 Å². The van der Waals surface area contributed by atoms with E-state index in [1.807, 2.05) is 0 Å². The van der Waals surface area contributed by atoms with Crippen LogP contribution in [0.15, 0.2) is 35.4 Å². The fourth-order valence-electron chi connectivity index (χ4n) is 2.47. The van der Waals surface area contributed by atoms with E-state index in [0.29, 0.717) is 10.6 Å². The summed E-state index contributed by atoms with van der Waals surface area (Å²) < 4.78 is 14.6. The van der Waals surface area contributed by atoms with Crippen molar-refractivity contribution < 1.29 is 9.18 Å². The van der Waals surface area contributed by atoms with Gasteiger partial charge in [0.05, 0.1) is 15.6 Å². The predicted octanol–water partition coefficient (Wildman–Crippen LogP) is 3.61. The van der Waals surface area contributed by atoms with E-state index in [-0.39, 0.29) is 46.3 Å². The smallest absolute Gasteiger partial charge is 0.251 e. The molecule has 0 aliphatic rings. The van der Waals surface area contributed by atoms with Gasteiger partial charge in [-0.2, -0.15) is 0 Å². The van der Waals surface area contributed by atoms with Gasteiger partial charge >= 0.3 is 0 Å². The first-order chi connectivity index (χ1) is 13.8. The molecule has 3 rings (SSSR count). The van der Waals surface area contributed by atoms with Crippen LogP contribution in [-0.2, 0) is 11.3 Å². The Morgan fingerprint density at radius 3 is 2.59 bits per heavy atom. The lowest BCUT2D eigenvalue weighted by molar-refractivity contribution is -0.124. The Bertz CT molecular complexity index is 1120. The van der Waals surface area contributed by atoms with Gasteiger partial charge in [0.2, 0.25) is 5.91 Å². The molecule has 0 saturated carbocycles. The highest BCUT2D eigenvalue weighted by Crippen LogP contribution is 2.31. The second-order valence-corrected chi connectivity index (χ2v) is 7.29. The number of carbonyl (C=O) groups is 1. The van der Waals surface area contributed by atoms with Crippen LogP contribution < -0.4 is 10.9 Å². The summed E-state index contributed by atoms with van der Waals surface area (Å²) in [5.74, 6) is -0.974. The highest BCUT2D eigenvalue weighted by atomic mass is 35.5. The maximum absolute atomic E-state index is 14.6. The minimum absolute atomic E-state index is 0.0337. The van der Waals surface area contributed by atoms with E-state index >= 15 is 0 Å². The fraction of sp³-hybridized carbons (Fsp3) is 0.211. The van der Waals surface area contributed by atoms with Crippen LogP contribution in [0.1, 0.15) is 19.4 Å². The number of hydrogen-bond donors (Lipinski definition) is 2. The molecule has 29 heavy (non-hydrogen) atoms. The van der Waals surface area contributed by atoms with E-state index in [1.54, 1.807) is 13.8 Å². The van der Waals surface area contributed by atoms with Crippen molar-refractivity contribution in [3.05, 3.63) is 62.4 Å². The topological polar surface area (TPSA) is 101 Å². The highest BCUT2D eigenvalue weighted by molar-refractivity contribution is 6.34. The van der Waals surface area contributed by atoms with Crippen LogP contribution in [0, 0.1) is 11.7 Å². The number of amides is 1. The molecule has 0 fully saturated rings. The molecule has 3 aromatic rings. The third-order valence-electron chi connectivity index (χ3n) is 3.98. The normalized spacial score (nSPS) is 11.0. The van der Waals surface area contributed by atoms with Gasteiger partial charge in [0.25, 0.3) is 5.56 Å². The second-order valence-electron chi connectivity index (χ2n) is 6.47. The molecule has 0 unspecified atom stereocenters. The van der Waals surface area contributed by atoms with Crippen molar-refractivity contribution in [3.8, 4) is 22.9 Å².